The number of methoxy groups -OCH3 is 1. The highest BCUT2D eigenvalue weighted by Gasteiger charge is 2.24. The molecule has 6 heteroatoms. The molecule has 1 aliphatic heterocycles. The largest absolute Gasteiger partial charge is 0.481 e. The maximum atomic E-state index is 12.6. The van der Waals surface area contributed by atoms with Crippen molar-refractivity contribution in [2.24, 2.45) is 5.92 Å². The molecule has 0 unspecified atom stereocenters. The first-order valence-electron chi connectivity index (χ1n) is 9.08. The second-order valence-corrected chi connectivity index (χ2v) is 6.93. The van der Waals surface area contributed by atoms with Crippen LogP contribution in [0.4, 0.5) is 5.95 Å². The summed E-state index contributed by atoms with van der Waals surface area (Å²) in [5, 5.41) is 0. The van der Waals surface area contributed by atoms with Gasteiger partial charge in [-0.05, 0) is 32.1 Å². The number of rotatable bonds is 4. The van der Waals surface area contributed by atoms with E-state index in [9.17, 15) is 4.79 Å². The number of nitrogens with zero attached hydrogens (tertiary/aromatic N) is 4. The summed E-state index contributed by atoms with van der Waals surface area (Å²) in [6.45, 7) is 5.20. The Bertz CT molecular complexity index is 572. The molecule has 132 valence electrons. The van der Waals surface area contributed by atoms with E-state index in [1.54, 1.807) is 7.11 Å². The number of aromatic nitrogens is 2. The minimum absolute atomic E-state index is 0.325. The molecule has 1 aromatic heterocycles. The van der Waals surface area contributed by atoms with Gasteiger partial charge in [-0.25, -0.2) is 4.98 Å². The Kier molecular flexibility index (Phi) is 5.53. The highest BCUT2D eigenvalue weighted by Crippen LogP contribution is 2.28. The van der Waals surface area contributed by atoms with E-state index in [1.165, 1.54) is 25.7 Å². The SMILES string of the molecule is COc1cc(C)nc(N2CCCN(C(=O)CC3CCCC3)CC2)n1. The van der Waals surface area contributed by atoms with Gasteiger partial charge >= 0.3 is 0 Å². The van der Waals surface area contributed by atoms with Crippen LogP contribution in [0.1, 0.15) is 44.2 Å². The molecular weight excluding hydrogens is 304 g/mol. The Labute approximate surface area is 144 Å². The van der Waals surface area contributed by atoms with E-state index in [4.69, 9.17) is 4.74 Å². The molecule has 0 aromatic carbocycles. The second kappa shape index (κ2) is 7.81. The van der Waals surface area contributed by atoms with E-state index in [1.807, 2.05) is 17.9 Å². The quantitative estimate of drug-likeness (QED) is 0.847. The van der Waals surface area contributed by atoms with Crippen molar-refractivity contribution in [1.82, 2.24) is 14.9 Å². The Morgan fingerprint density at radius 1 is 1.17 bits per heavy atom. The monoisotopic (exact) mass is 332 g/mol. The molecule has 6 nitrogen and oxygen atoms in total. The molecular formula is C18H28N4O2. The molecule has 1 aromatic rings. The summed E-state index contributed by atoms with van der Waals surface area (Å²) in [5.74, 6) is 2.24. The lowest BCUT2D eigenvalue weighted by atomic mass is 10.0. The molecule has 2 heterocycles. The zero-order valence-corrected chi connectivity index (χ0v) is 14.8. The van der Waals surface area contributed by atoms with Crippen LogP contribution in [0.25, 0.3) is 0 Å². The molecule has 24 heavy (non-hydrogen) atoms. The van der Waals surface area contributed by atoms with Crippen molar-refractivity contribution in [3.8, 4) is 5.88 Å². The van der Waals surface area contributed by atoms with Gasteiger partial charge in [-0.2, -0.15) is 4.98 Å². The van der Waals surface area contributed by atoms with Crippen LogP contribution in [-0.4, -0.2) is 54.1 Å². The van der Waals surface area contributed by atoms with Crippen molar-refractivity contribution in [2.75, 3.05) is 38.2 Å². The van der Waals surface area contributed by atoms with Crippen LogP contribution in [0.3, 0.4) is 0 Å². The van der Waals surface area contributed by atoms with Crippen molar-refractivity contribution in [3.63, 3.8) is 0 Å². The summed E-state index contributed by atoms with van der Waals surface area (Å²) in [7, 11) is 1.62. The van der Waals surface area contributed by atoms with Crippen molar-refractivity contribution >= 4 is 11.9 Å². The van der Waals surface area contributed by atoms with Gasteiger partial charge in [0.2, 0.25) is 17.7 Å². The maximum absolute atomic E-state index is 12.6. The lowest BCUT2D eigenvalue weighted by Crippen LogP contribution is -2.36. The van der Waals surface area contributed by atoms with Gasteiger partial charge in [0.15, 0.2) is 0 Å². The van der Waals surface area contributed by atoms with Gasteiger partial charge in [0.25, 0.3) is 0 Å². The Morgan fingerprint density at radius 3 is 2.71 bits per heavy atom. The molecule has 0 atom stereocenters. The smallest absolute Gasteiger partial charge is 0.228 e. The standard InChI is InChI=1S/C18H28N4O2/c1-14-12-16(24-2)20-18(19-14)22-9-5-8-21(10-11-22)17(23)13-15-6-3-4-7-15/h12,15H,3-11,13H2,1-2H3. The molecule has 1 saturated carbocycles. The molecule has 3 rings (SSSR count). The summed E-state index contributed by atoms with van der Waals surface area (Å²) in [5.41, 5.74) is 0.898. The minimum Gasteiger partial charge on any atom is -0.481 e. The third kappa shape index (κ3) is 4.16. The lowest BCUT2D eigenvalue weighted by Gasteiger charge is -2.23. The summed E-state index contributed by atoms with van der Waals surface area (Å²) >= 11 is 0. The van der Waals surface area contributed by atoms with Gasteiger partial charge < -0.3 is 14.5 Å². The number of hydrogen-bond donors (Lipinski definition) is 0. The first-order chi connectivity index (χ1) is 11.7. The number of anilines is 1. The number of carbonyl (C=O) groups excluding carboxylic acids is 1. The van der Waals surface area contributed by atoms with E-state index in [2.05, 4.69) is 14.9 Å². The summed E-state index contributed by atoms with van der Waals surface area (Å²) < 4.78 is 5.25. The third-order valence-corrected chi connectivity index (χ3v) is 5.10. The second-order valence-electron chi connectivity index (χ2n) is 6.93. The number of ether oxygens (including phenoxy) is 1. The fourth-order valence-corrected chi connectivity index (χ4v) is 3.73. The minimum atomic E-state index is 0.325. The van der Waals surface area contributed by atoms with Gasteiger partial charge in [0, 0.05) is 44.4 Å². The number of aryl methyl sites for hydroxylation is 1. The number of carbonyl (C=O) groups is 1. The van der Waals surface area contributed by atoms with E-state index in [0.29, 0.717) is 23.7 Å². The van der Waals surface area contributed by atoms with Gasteiger partial charge in [0.1, 0.15) is 0 Å². The fraction of sp³-hybridized carbons (Fsp3) is 0.722. The molecule has 0 radical (unpaired) electrons. The molecule has 2 fully saturated rings. The van der Waals surface area contributed by atoms with Crippen molar-refractivity contribution in [1.29, 1.82) is 0 Å². The number of amides is 1. The van der Waals surface area contributed by atoms with Gasteiger partial charge in [0.05, 0.1) is 7.11 Å². The maximum Gasteiger partial charge on any atom is 0.228 e. The average Bonchev–Trinajstić information content (AvgIpc) is 2.95. The van der Waals surface area contributed by atoms with Crippen LogP contribution in [0.2, 0.25) is 0 Å². The van der Waals surface area contributed by atoms with Gasteiger partial charge in [-0.1, -0.05) is 12.8 Å². The van der Waals surface area contributed by atoms with Gasteiger partial charge in [-0.3, -0.25) is 4.79 Å². The van der Waals surface area contributed by atoms with Crippen LogP contribution >= 0.6 is 0 Å². The molecule has 0 spiro atoms. The zero-order valence-electron chi connectivity index (χ0n) is 14.8. The zero-order chi connectivity index (χ0) is 16.9. The first-order valence-corrected chi connectivity index (χ1v) is 9.08. The molecule has 1 amide bonds. The predicted octanol–water partition coefficient (Wildman–Crippen LogP) is 2.41. The lowest BCUT2D eigenvalue weighted by molar-refractivity contribution is -0.131. The van der Waals surface area contributed by atoms with Gasteiger partial charge in [-0.15, -0.1) is 0 Å². The van der Waals surface area contributed by atoms with Crippen LogP contribution in [0.15, 0.2) is 6.07 Å². The number of hydrogen-bond acceptors (Lipinski definition) is 5. The van der Waals surface area contributed by atoms with Crippen LogP contribution in [0, 0.1) is 12.8 Å². The first kappa shape index (κ1) is 17.0. The Hall–Kier alpha value is -1.85. The highest BCUT2D eigenvalue weighted by molar-refractivity contribution is 5.76. The molecule has 1 saturated heterocycles. The van der Waals surface area contributed by atoms with E-state index in [0.717, 1.165) is 44.7 Å². The Balaban J connectivity index is 1.60. The molecule has 1 aliphatic carbocycles. The summed E-state index contributed by atoms with van der Waals surface area (Å²) in [4.78, 5) is 25.8. The van der Waals surface area contributed by atoms with Crippen LogP contribution < -0.4 is 9.64 Å². The van der Waals surface area contributed by atoms with Crippen LogP contribution in [0.5, 0.6) is 5.88 Å². The average molecular weight is 332 g/mol. The topological polar surface area (TPSA) is 58.6 Å². The van der Waals surface area contributed by atoms with E-state index >= 15 is 0 Å². The summed E-state index contributed by atoms with van der Waals surface area (Å²) in [6.07, 6.45) is 6.71. The molecule has 2 aliphatic rings. The van der Waals surface area contributed by atoms with Crippen molar-refractivity contribution in [2.45, 2.75) is 45.4 Å². The highest BCUT2D eigenvalue weighted by atomic mass is 16.5. The summed E-state index contributed by atoms with van der Waals surface area (Å²) in [6, 6.07) is 1.83. The Morgan fingerprint density at radius 2 is 1.96 bits per heavy atom. The third-order valence-electron chi connectivity index (χ3n) is 5.10. The molecule has 0 bridgehead atoms. The molecule has 0 N–H and O–H groups in total. The predicted molar refractivity (Wildman–Crippen MR) is 93.3 cm³/mol. The van der Waals surface area contributed by atoms with Crippen molar-refractivity contribution in [3.05, 3.63) is 11.8 Å². The fourth-order valence-electron chi connectivity index (χ4n) is 3.73. The van der Waals surface area contributed by atoms with E-state index < -0.39 is 0 Å². The van der Waals surface area contributed by atoms with Crippen molar-refractivity contribution < 1.29 is 9.53 Å². The normalized spacial score (nSPS) is 19.4. The van der Waals surface area contributed by atoms with Crippen LogP contribution in [-0.2, 0) is 4.79 Å². The van der Waals surface area contributed by atoms with E-state index in [-0.39, 0.29) is 0 Å².